The van der Waals surface area contributed by atoms with Crippen molar-refractivity contribution in [3.8, 4) is 11.5 Å². The van der Waals surface area contributed by atoms with E-state index in [2.05, 4.69) is 18.4 Å². The van der Waals surface area contributed by atoms with E-state index in [1.54, 1.807) is 37.6 Å². The molecule has 1 aromatic carbocycles. The smallest absolute Gasteiger partial charge is 0.242 e. The van der Waals surface area contributed by atoms with Gasteiger partial charge in [0.25, 0.3) is 0 Å². The second-order valence-electron chi connectivity index (χ2n) is 9.78. The van der Waals surface area contributed by atoms with Crippen molar-refractivity contribution >= 4 is 23.2 Å². The summed E-state index contributed by atoms with van der Waals surface area (Å²) in [5.74, 6) is 2.00. The summed E-state index contributed by atoms with van der Waals surface area (Å²) in [6.45, 7) is 4.05. The molecule has 0 atom stereocenters. The first-order valence-corrected chi connectivity index (χ1v) is 14.1. The highest BCUT2D eigenvalue weighted by Gasteiger charge is 2.24. The van der Waals surface area contributed by atoms with Gasteiger partial charge in [-0.1, -0.05) is 31.7 Å². The average molecular weight is 531 g/mol. The van der Waals surface area contributed by atoms with E-state index in [1.165, 1.54) is 31.2 Å². The summed E-state index contributed by atoms with van der Waals surface area (Å²) in [6, 6.07) is 7.92. The molecule has 0 N–H and O–H groups in total. The van der Waals surface area contributed by atoms with Gasteiger partial charge in [-0.05, 0) is 60.4 Å². The highest BCUT2D eigenvalue weighted by atomic mass is 32.1. The molecular formula is C29H42N2O5S. The molecule has 2 amide bonds. The number of methoxy groups -OCH3 is 3. The monoisotopic (exact) mass is 530 g/mol. The van der Waals surface area contributed by atoms with Crippen molar-refractivity contribution in [1.82, 2.24) is 9.80 Å². The summed E-state index contributed by atoms with van der Waals surface area (Å²) in [6.07, 6.45) is 7.04. The number of benzene rings is 1. The van der Waals surface area contributed by atoms with Crippen molar-refractivity contribution in [1.29, 1.82) is 0 Å². The maximum Gasteiger partial charge on any atom is 0.242 e. The lowest BCUT2D eigenvalue weighted by molar-refractivity contribution is -0.141. The Bertz CT molecular complexity index is 1000. The molecule has 37 heavy (non-hydrogen) atoms. The molecule has 7 nitrogen and oxygen atoms in total. The summed E-state index contributed by atoms with van der Waals surface area (Å²) in [4.78, 5) is 31.5. The topological polar surface area (TPSA) is 68.3 Å². The van der Waals surface area contributed by atoms with Gasteiger partial charge in [-0.25, -0.2) is 0 Å². The number of ether oxygens (including phenoxy) is 3. The average Bonchev–Trinajstić information content (AvgIpc) is 3.58. The quantitative estimate of drug-likeness (QED) is 0.321. The Morgan fingerprint density at radius 1 is 0.973 bits per heavy atom. The van der Waals surface area contributed by atoms with Crippen molar-refractivity contribution < 1.29 is 23.8 Å². The second kappa shape index (κ2) is 15.0. The molecule has 0 saturated heterocycles. The van der Waals surface area contributed by atoms with Crippen molar-refractivity contribution in [3.63, 3.8) is 0 Å². The Balaban J connectivity index is 1.69. The first-order valence-electron chi connectivity index (χ1n) is 13.2. The van der Waals surface area contributed by atoms with Crippen LogP contribution in [0, 0.1) is 12.8 Å². The van der Waals surface area contributed by atoms with E-state index in [-0.39, 0.29) is 18.4 Å². The van der Waals surface area contributed by atoms with Crippen LogP contribution in [0.1, 0.15) is 54.5 Å². The predicted molar refractivity (Wildman–Crippen MR) is 147 cm³/mol. The van der Waals surface area contributed by atoms with E-state index in [9.17, 15) is 9.59 Å². The summed E-state index contributed by atoms with van der Waals surface area (Å²) < 4.78 is 16.1. The van der Waals surface area contributed by atoms with Crippen LogP contribution in [0.25, 0.3) is 0 Å². The molecule has 3 rings (SSSR count). The molecule has 1 aromatic heterocycles. The number of hydrogen-bond acceptors (Lipinski definition) is 6. The van der Waals surface area contributed by atoms with Gasteiger partial charge in [0.15, 0.2) is 11.5 Å². The number of carbonyl (C=O) groups is 2. The molecule has 0 spiro atoms. The first-order chi connectivity index (χ1) is 17.9. The van der Waals surface area contributed by atoms with E-state index in [0.717, 1.165) is 16.9 Å². The lowest BCUT2D eigenvalue weighted by Gasteiger charge is -2.28. The summed E-state index contributed by atoms with van der Waals surface area (Å²) >= 11 is 1.66. The molecule has 1 fully saturated rings. The minimum Gasteiger partial charge on any atom is -0.493 e. The van der Waals surface area contributed by atoms with Crippen LogP contribution >= 0.6 is 11.3 Å². The molecule has 8 heteroatoms. The van der Waals surface area contributed by atoms with Crippen LogP contribution in [0.5, 0.6) is 11.5 Å². The zero-order valence-electron chi connectivity index (χ0n) is 22.8. The van der Waals surface area contributed by atoms with E-state index >= 15 is 0 Å². The third-order valence-corrected chi connectivity index (χ3v) is 8.27. The maximum absolute atomic E-state index is 13.6. The fraction of sp³-hybridized carbons (Fsp3) is 0.586. The molecule has 0 bridgehead atoms. The molecule has 1 aliphatic rings. The molecule has 2 aromatic rings. The number of hydrogen-bond donors (Lipinski definition) is 0. The molecule has 0 radical (unpaired) electrons. The van der Waals surface area contributed by atoms with Crippen molar-refractivity contribution in [3.05, 3.63) is 45.6 Å². The normalized spacial score (nSPS) is 13.5. The van der Waals surface area contributed by atoms with Crippen molar-refractivity contribution in [2.75, 3.05) is 47.6 Å². The van der Waals surface area contributed by atoms with Gasteiger partial charge in [-0.15, -0.1) is 11.3 Å². The number of thiophene rings is 1. The summed E-state index contributed by atoms with van der Waals surface area (Å²) in [5, 5.41) is 2.05. The SMILES string of the molecule is COCCN(CC(=O)N(CCc1ccc(OC)c(OC)c1)Cc1sccc1C)C(=O)CCC1CCCC1. The number of carbonyl (C=O) groups excluding carboxylic acids is 2. The number of aryl methyl sites for hydroxylation is 1. The van der Waals surface area contributed by atoms with Crippen LogP contribution < -0.4 is 9.47 Å². The van der Waals surface area contributed by atoms with Gasteiger partial charge >= 0.3 is 0 Å². The summed E-state index contributed by atoms with van der Waals surface area (Å²) in [7, 11) is 4.86. The maximum atomic E-state index is 13.6. The fourth-order valence-corrected chi connectivity index (χ4v) is 5.79. The molecule has 1 aliphatic carbocycles. The van der Waals surface area contributed by atoms with Gasteiger partial charge in [-0.2, -0.15) is 0 Å². The van der Waals surface area contributed by atoms with Crippen LogP contribution in [-0.4, -0.2) is 69.2 Å². The summed E-state index contributed by atoms with van der Waals surface area (Å²) in [5.41, 5.74) is 2.24. The molecular weight excluding hydrogens is 488 g/mol. The molecule has 0 aliphatic heterocycles. The minimum atomic E-state index is -0.0430. The van der Waals surface area contributed by atoms with Crippen LogP contribution in [0.4, 0.5) is 0 Å². The first kappa shape index (κ1) is 29.0. The number of amides is 2. The van der Waals surface area contributed by atoms with E-state index in [4.69, 9.17) is 14.2 Å². The Hall–Kier alpha value is -2.58. The van der Waals surface area contributed by atoms with Crippen LogP contribution in [-0.2, 0) is 27.3 Å². The van der Waals surface area contributed by atoms with E-state index in [1.807, 2.05) is 23.1 Å². The van der Waals surface area contributed by atoms with Crippen molar-refractivity contribution in [2.24, 2.45) is 5.92 Å². The predicted octanol–water partition coefficient (Wildman–Crippen LogP) is 5.09. The number of nitrogens with zero attached hydrogens (tertiary/aromatic N) is 2. The van der Waals surface area contributed by atoms with Gasteiger partial charge < -0.3 is 24.0 Å². The fourth-order valence-electron chi connectivity index (χ4n) is 4.87. The minimum absolute atomic E-state index is 0.0430. The largest absolute Gasteiger partial charge is 0.493 e. The lowest BCUT2D eigenvalue weighted by Crippen LogP contribution is -2.44. The van der Waals surface area contributed by atoms with Gasteiger partial charge in [0.2, 0.25) is 11.8 Å². The third-order valence-electron chi connectivity index (χ3n) is 7.26. The molecule has 204 valence electrons. The zero-order valence-corrected chi connectivity index (χ0v) is 23.6. The molecule has 1 saturated carbocycles. The van der Waals surface area contributed by atoms with Crippen molar-refractivity contribution in [2.45, 2.75) is 58.4 Å². The van der Waals surface area contributed by atoms with Gasteiger partial charge in [0.05, 0.1) is 33.9 Å². The standard InChI is InChI=1S/C29H42N2O5S/c1-22-14-18-37-27(22)20-30(15-13-24-9-11-25(35-3)26(19-24)36-4)29(33)21-31(16-17-34-2)28(32)12-10-23-7-5-6-8-23/h9,11,14,18-19,23H,5-8,10,12-13,15-17,20-21H2,1-4H3. The molecule has 1 heterocycles. The highest BCUT2D eigenvalue weighted by molar-refractivity contribution is 7.10. The zero-order chi connectivity index (χ0) is 26.6. The van der Waals surface area contributed by atoms with Crippen LogP contribution in [0.3, 0.4) is 0 Å². The van der Waals surface area contributed by atoms with Gasteiger partial charge in [-0.3, -0.25) is 9.59 Å². The van der Waals surface area contributed by atoms with Crippen LogP contribution in [0.2, 0.25) is 0 Å². The second-order valence-corrected chi connectivity index (χ2v) is 10.8. The van der Waals surface area contributed by atoms with E-state index < -0.39 is 0 Å². The van der Waals surface area contributed by atoms with E-state index in [0.29, 0.717) is 56.5 Å². The lowest BCUT2D eigenvalue weighted by atomic mass is 10.0. The highest BCUT2D eigenvalue weighted by Crippen LogP contribution is 2.29. The third kappa shape index (κ3) is 8.75. The Kier molecular flexibility index (Phi) is 11.7. The Morgan fingerprint density at radius 2 is 1.73 bits per heavy atom. The Morgan fingerprint density at radius 3 is 2.38 bits per heavy atom. The molecule has 0 unspecified atom stereocenters. The van der Waals surface area contributed by atoms with Gasteiger partial charge in [0, 0.05) is 31.5 Å². The van der Waals surface area contributed by atoms with Crippen LogP contribution in [0.15, 0.2) is 29.6 Å². The van der Waals surface area contributed by atoms with Gasteiger partial charge in [0.1, 0.15) is 0 Å². The number of rotatable bonds is 15. The Labute approximate surface area is 225 Å².